The molecule has 0 aliphatic rings. The van der Waals surface area contributed by atoms with Crippen LogP contribution in [-0.2, 0) is 0 Å². The van der Waals surface area contributed by atoms with Crippen LogP contribution in [0.5, 0.6) is 0 Å². The van der Waals surface area contributed by atoms with Crippen LogP contribution in [0.4, 0.5) is 0 Å². The highest BCUT2D eigenvalue weighted by atomic mass is 32.1. The Bertz CT molecular complexity index is 613. The molecule has 3 nitrogen and oxygen atoms in total. The van der Waals surface area contributed by atoms with Crippen LogP contribution in [0.1, 0.15) is 0 Å². The topological polar surface area (TPSA) is 45.8 Å². The lowest BCUT2D eigenvalue weighted by molar-refractivity contribution is 1.33. The second kappa shape index (κ2) is 2.65. The smallest absolute Gasteiger partial charge is 0.297 e. The zero-order valence-corrected chi connectivity index (χ0v) is 7.97. The van der Waals surface area contributed by atoms with E-state index in [1.54, 1.807) is 0 Å². The molecule has 2 aromatic heterocycles. The molecule has 2 heterocycles. The molecule has 0 saturated carbocycles. The van der Waals surface area contributed by atoms with Gasteiger partial charge >= 0.3 is 4.87 Å². The van der Waals surface area contributed by atoms with Crippen molar-refractivity contribution in [3.8, 4) is 0 Å². The van der Waals surface area contributed by atoms with Gasteiger partial charge in [-0.1, -0.05) is 29.5 Å². The average molecular weight is 202 g/mol. The first kappa shape index (κ1) is 7.70. The number of thiazole rings is 1. The Kier molecular flexibility index (Phi) is 1.46. The summed E-state index contributed by atoms with van der Waals surface area (Å²) in [7, 11) is 0. The summed E-state index contributed by atoms with van der Waals surface area (Å²) in [5.41, 5.74) is 1.59. The number of fused-ring (bicyclic) bond motifs is 2. The van der Waals surface area contributed by atoms with E-state index < -0.39 is 0 Å². The Morgan fingerprint density at radius 3 is 3.07 bits per heavy atom. The molecule has 0 unspecified atom stereocenters. The summed E-state index contributed by atoms with van der Waals surface area (Å²) in [5.74, 6) is 0. The maximum atomic E-state index is 11.1. The van der Waals surface area contributed by atoms with Gasteiger partial charge in [0.15, 0.2) is 5.65 Å². The number of pyridine rings is 1. The van der Waals surface area contributed by atoms with Gasteiger partial charge < -0.3 is 0 Å². The largest absolute Gasteiger partial charge is 0.306 e. The molecule has 1 N–H and O–H groups in total. The molecule has 0 saturated heterocycles. The SMILES string of the molecule is O=c1[nH]c2nc3ccccc3cc2s1. The fraction of sp³-hybridized carbons (Fsp3) is 0. The second-order valence-electron chi connectivity index (χ2n) is 3.04. The zero-order valence-electron chi connectivity index (χ0n) is 7.15. The van der Waals surface area contributed by atoms with Crippen LogP contribution in [0, 0.1) is 0 Å². The minimum absolute atomic E-state index is 0.0530. The highest BCUT2D eigenvalue weighted by Gasteiger charge is 2.01. The highest BCUT2D eigenvalue weighted by Crippen LogP contribution is 2.19. The summed E-state index contributed by atoms with van der Waals surface area (Å²) < 4.78 is 0.911. The molecule has 0 spiro atoms. The highest BCUT2D eigenvalue weighted by molar-refractivity contribution is 7.16. The number of benzene rings is 1. The van der Waals surface area contributed by atoms with Crippen molar-refractivity contribution < 1.29 is 0 Å². The minimum atomic E-state index is -0.0530. The van der Waals surface area contributed by atoms with Gasteiger partial charge in [0.25, 0.3) is 0 Å². The van der Waals surface area contributed by atoms with Crippen molar-refractivity contribution in [1.82, 2.24) is 9.97 Å². The Hall–Kier alpha value is -1.68. The maximum absolute atomic E-state index is 11.1. The lowest BCUT2D eigenvalue weighted by Crippen LogP contribution is -1.90. The molecule has 0 radical (unpaired) electrons. The summed E-state index contributed by atoms with van der Waals surface area (Å²) in [5, 5.41) is 1.07. The fourth-order valence-corrected chi connectivity index (χ4v) is 2.21. The van der Waals surface area contributed by atoms with Crippen molar-refractivity contribution in [2.24, 2.45) is 0 Å². The third-order valence-electron chi connectivity index (χ3n) is 2.11. The van der Waals surface area contributed by atoms with Gasteiger partial charge in [-0.15, -0.1) is 0 Å². The minimum Gasteiger partial charge on any atom is -0.297 e. The summed E-state index contributed by atoms with van der Waals surface area (Å²) in [6, 6.07) is 9.81. The summed E-state index contributed by atoms with van der Waals surface area (Å²) in [6.07, 6.45) is 0. The van der Waals surface area contributed by atoms with Gasteiger partial charge in [-0.3, -0.25) is 9.78 Å². The first-order valence-electron chi connectivity index (χ1n) is 4.21. The standard InChI is InChI=1S/C10H6N2OS/c13-10-12-9-8(14-10)5-6-3-1-2-4-7(6)11-9/h1-5H,(H,11,12,13). The Labute approximate surface area is 83.0 Å². The number of rotatable bonds is 0. The van der Waals surface area contributed by atoms with E-state index in [0.29, 0.717) is 5.65 Å². The van der Waals surface area contributed by atoms with E-state index in [2.05, 4.69) is 9.97 Å². The van der Waals surface area contributed by atoms with E-state index in [1.807, 2.05) is 30.3 Å². The number of aromatic amines is 1. The Balaban J connectivity index is 2.57. The number of aromatic nitrogens is 2. The van der Waals surface area contributed by atoms with Gasteiger partial charge in [-0.05, 0) is 12.1 Å². The van der Waals surface area contributed by atoms with Crippen LogP contribution in [-0.4, -0.2) is 9.97 Å². The zero-order chi connectivity index (χ0) is 9.54. The van der Waals surface area contributed by atoms with Crippen molar-refractivity contribution in [1.29, 1.82) is 0 Å². The van der Waals surface area contributed by atoms with Crippen LogP contribution in [0.25, 0.3) is 21.3 Å². The number of para-hydroxylation sites is 1. The predicted octanol–water partition coefficient (Wildman–Crippen LogP) is 2.14. The summed E-state index contributed by atoms with van der Waals surface area (Å²) in [4.78, 5) is 18.1. The van der Waals surface area contributed by atoms with E-state index in [0.717, 1.165) is 15.6 Å². The van der Waals surface area contributed by atoms with Crippen molar-refractivity contribution in [2.75, 3.05) is 0 Å². The average Bonchev–Trinajstić information content (AvgIpc) is 2.53. The molecule has 0 bridgehead atoms. The third-order valence-corrected chi connectivity index (χ3v) is 2.93. The third kappa shape index (κ3) is 1.04. The molecule has 1 aromatic carbocycles. The molecule has 0 aliphatic heterocycles. The number of nitrogens with zero attached hydrogens (tertiary/aromatic N) is 1. The van der Waals surface area contributed by atoms with Crippen LogP contribution >= 0.6 is 11.3 Å². The normalized spacial score (nSPS) is 11.1. The van der Waals surface area contributed by atoms with E-state index in [1.165, 1.54) is 11.3 Å². The van der Waals surface area contributed by atoms with Crippen molar-refractivity contribution in [3.63, 3.8) is 0 Å². The first-order valence-corrected chi connectivity index (χ1v) is 5.03. The maximum Gasteiger partial charge on any atom is 0.306 e. The second-order valence-corrected chi connectivity index (χ2v) is 4.06. The van der Waals surface area contributed by atoms with Gasteiger partial charge in [0.05, 0.1) is 10.2 Å². The van der Waals surface area contributed by atoms with Crippen molar-refractivity contribution in [2.45, 2.75) is 0 Å². The van der Waals surface area contributed by atoms with Gasteiger partial charge in [0.2, 0.25) is 0 Å². The monoisotopic (exact) mass is 202 g/mol. The molecule has 3 aromatic rings. The van der Waals surface area contributed by atoms with Gasteiger partial charge in [0.1, 0.15) is 0 Å². The van der Waals surface area contributed by atoms with Crippen molar-refractivity contribution in [3.05, 3.63) is 40.0 Å². The fourth-order valence-electron chi connectivity index (χ4n) is 1.49. The van der Waals surface area contributed by atoms with E-state index >= 15 is 0 Å². The Morgan fingerprint density at radius 1 is 1.29 bits per heavy atom. The molecule has 14 heavy (non-hydrogen) atoms. The molecule has 0 atom stereocenters. The number of H-pyrrole nitrogens is 1. The number of hydrogen-bond acceptors (Lipinski definition) is 3. The van der Waals surface area contributed by atoms with Crippen LogP contribution < -0.4 is 4.87 Å². The predicted molar refractivity (Wildman–Crippen MR) is 57.7 cm³/mol. The molecule has 0 fully saturated rings. The number of hydrogen-bond donors (Lipinski definition) is 1. The van der Waals surface area contributed by atoms with Crippen LogP contribution in [0.3, 0.4) is 0 Å². The van der Waals surface area contributed by atoms with E-state index in [9.17, 15) is 4.79 Å². The Morgan fingerprint density at radius 2 is 2.14 bits per heavy atom. The van der Waals surface area contributed by atoms with E-state index in [-0.39, 0.29) is 4.87 Å². The molecular weight excluding hydrogens is 196 g/mol. The lowest BCUT2D eigenvalue weighted by Gasteiger charge is -1.94. The summed E-state index contributed by atoms with van der Waals surface area (Å²) >= 11 is 1.19. The first-order chi connectivity index (χ1) is 6.83. The van der Waals surface area contributed by atoms with E-state index in [4.69, 9.17) is 0 Å². The van der Waals surface area contributed by atoms with Crippen LogP contribution in [0.2, 0.25) is 0 Å². The molecule has 3 rings (SSSR count). The van der Waals surface area contributed by atoms with Gasteiger partial charge in [-0.2, -0.15) is 0 Å². The number of nitrogens with one attached hydrogen (secondary N) is 1. The molecule has 0 amide bonds. The summed E-state index contributed by atoms with van der Waals surface area (Å²) in [6.45, 7) is 0. The molecule has 0 aliphatic carbocycles. The molecule has 68 valence electrons. The van der Waals surface area contributed by atoms with Crippen molar-refractivity contribution >= 4 is 32.6 Å². The van der Waals surface area contributed by atoms with Gasteiger partial charge in [-0.25, -0.2) is 4.98 Å². The molecular formula is C10H6N2OS. The van der Waals surface area contributed by atoms with Gasteiger partial charge in [0, 0.05) is 5.39 Å². The quantitative estimate of drug-likeness (QED) is 0.607. The lowest BCUT2D eigenvalue weighted by atomic mass is 10.2. The molecule has 4 heteroatoms. The van der Waals surface area contributed by atoms with Crippen LogP contribution in [0.15, 0.2) is 35.1 Å².